The molecule has 1 aromatic rings. The Morgan fingerprint density at radius 2 is 1.83 bits per heavy atom. The minimum atomic E-state index is -0.324. The summed E-state index contributed by atoms with van der Waals surface area (Å²) in [6.45, 7) is 13.4. The fraction of sp³-hybridized carbons (Fsp3) is 0.773. The molecule has 29 heavy (non-hydrogen) atoms. The van der Waals surface area contributed by atoms with Crippen LogP contribution in [0.5, 0.6) is 0 Å². The molecule has 1 aliphatic heterocycles. The summed E-state index contributed by atoms with van der Waals surface area (Å²) in [4.78, 5) is 23.2. The molecule has 3 rings (SSSR count). The first kappa shape index (κ1) is 21.7. The van der Waals surface area contributed by atoms with Gasteiger partial charge in [0.1, 0.15) is 6.10 Å². The van der Waals surface area contributed by atoms with Crippen LogP contribution in [0.15, 0.2) is 12.4 Å². The zero-order valence-corrected chi connectivity index (χ0v) is 18.6. The number of nitrogens with zero attached hydrogens (tertiary/aromatic N) is 3. The van der Waals surface area contributed by atoms with Crippen LogP contribution in [0.3, 0.4) is 0 Å². The molecule has 1 amide bonds. The van der Waals surface area contributed by atoms with Crippen molar-refractivity contribution in [2.75, 3.05) is 29.9 Å². The van der Waals surface area contributed by atoms with Gasteiger partial charge >= 0.3 is 6.09 Å². The Balaban J connectivity index is 1.35. The third-order valence-corrected chi connectivity index (χ3v) is 5.94. The van der Waals surface area contributed by atoms with E-state index in [1.54, 1.807) is 0 Å². The lowest BCUT2D eigenvalue weighted by Gasteiger charge is -2.35. The molecule has 2 heterocycles. The molecule has 1 saturated heterocycles. The van der Waals surface area contributed by atoms with E-state index in [-0.39, 0.29) is 17.7 Å². The Morgan fingerprint density at radius 1 is 1.21 bits per heavy atom. The molecule has 0 spiro atoms. The van der Waals surface area contributed by atoms with Crippen molar-refractivity contribution in [3.63, 3.8) is 0 Å². The Labute approximate surface area is 175 Å². The van der Waals surface area contributed by atoms with Crippen molar-refractivity contribution in [1.29, 1.82) is 0 Å². The highest BCUT2D eigenvalue weighted by Crippen LogP contribution is 2.31. The van der Waals surface area contributed by atoms with E-state index in [1.807, 2.05) is 33.2 Å². The largest absolute Gasteiger partial charge is 0.446 e. The molecule has 0 atom stereocenters. The minimum Gasteiger partial charge on any atom is -0.446 e. The molecule has 1 aliphatic carbocycles. The second-order valence-electron chi connectivity index (χ2n) is 9.96. The Kier molecular flexibility index (Phi) is 6.85. The number of hydrogen-bond donors (Lipinski definition) is 2. The van der Waals surface area contributed by atoms with Crippen LogP contribution in [0.2, 0.25) is 0 Å². The molecule has 0 aromatic carbocycles. The summed E-state index contributed by atoms with van der Waals surface area (Å²) in [5, 5.41) is 6.24. The lowest BCUT2D eigenvalue weighted by molar-refractivity contribution is 0.0184. The fourth-order valence-electron chi connectivity index (χ4n) is 4.03. The second kappa shape index (κ2) is 9.18. The number of aromatic nitrogens is 2. The first-order valence-corrected chi connectivity index (χ1v) is 11.0. The number of piperidine rings is 1. The van der Waals surface area contributed by atoms with E-state index in [9.17, 15) is 4.79 Å². The van der Waals surface area contributed by atoms with Crippen molar-refractivity contribution in [2.45, 2.75) is 71.9 Å². The van der Waals surface area contributed by atoms with Crippen molar-refractivity contribution < 1.29 is 9.53 Å². The van der Waals surface area contributed by atoms with Gasteiger partial charge in [0, 0.05) is 25.2 Å². The van der Waals surface area contributed by atoms with Gasteiger partial charge in [0.05, 0.1) is 18.1 Å². The number of amides is 1. The minimum absolute atomic E-state index is 0.0246. The smallest absolute Gasteiger partial charge is 0.407 e. The van der Waals surface area contributed by atoms with Gasteiger partial charge in [-0.15, -0.1) is 0 Å². The van der Waals surface area contributed by atoms with Crippen LogP contribution in [0.1, 0.15) is 60.3 Å². The Bertz CT molecular complexity index is 657. The topological polar surface area (TPSA) is 79.4 Å². The number of alkyl carbamates (subject to hydrolysis) is 1. The summed E-state index contributed by atoms with van der Waals surface area (Å²) in [6.07, 6.45) is 7.69. The monoisotopic (exact) mass is 403 g/mol. The summed E-state index contributed by atoms with van der Waals surface area (Å²) in [7, 11) is 0. The highest BCUT2D eigenvalue weighted by Gasteiger charge is 2.32. The Hall–Kier alpha value is -2.05. The van der Waals surface area contributed by atoms with Crippen molar-refractivity contribution >= 4 is 17.7 Å². The maximum atomic E-state index is 11.8. The SMILES string of the molecule is CC(C)C1CCN(c2ncc(NCC3CC(OC(=O)NC(C)(C)C)C3)cn2)CC1. The predicted molar refractivity (Wildman–Crippen MR) is 116 cm³/mol. The fourth-order valence-corrected chi connectivity index (χ4v) is 4.03. The lowest BCUT2D eigenvalue weighted by atomic mass is 9.82. The van der Waals surface area contributed by atoms with Gasteiger partial charge in [-0.1, -0.05) is 13.8 Å². The first-order valence-electron chi connectivity index (χ1n) is 11.0. The lowest BCUT2D eigenvalue weighted by Crippen LogP contribution is -2.45. The van der Waals surface area contributed by atoms with Crippen LogP contribution in [0.4, 0.5) is 16.4 Å². The average molecular weight is 404 g/mol. The molecule has 2 aliphatic rings. The molecular formula is C22H37N5O2. The molecule has 1 saturated carbocycles. The molecule has 1 aromatic heterocycles. The number of hydrogen-bond acceptors (Lipinski definition) is 6. The van der Waals surface area contributed by atoms with Gasteiger partial charge in [-0.25, -0.2) is 14.8 Å². The molecule has 2 fully saturated rings. The molecule has 7 nitrogen and oxygen atoms in total. The van der Waals surface area contributed by atoms with Gasteiger partial charge in [0.15, 0.2) is 0 Å². The van der Waals surface area contributed by atoms with Crippen molar-refractivity contribution in [1.82, 2.24) is 15.3 Å². The standard InChI is InChI=1S/C22H37N5O2/c1-15(2)17-6-8-27(9-7-17)20-24-13-18(14-25-20)23-12-16-10-19(11-16)29-21(28)26-22(3,4)5/h13-17,19,23H,6-12H2,1-5H3,(H,26,28). The molecule has 7 heteroatoms. The van der Waals surface area contributed by atoms with E-state index in [2.05, 4.69) is 39.3 Å². The number of carbonyl (C=O) groups is 1. The molecule has 0 radical (unpaired) electrons. The van der Waals surface area contributed by atoms with E-state index >= 15 is 0 Å². The van der Waals surface area contributed by atoms with E-state index in [0.717, 1.165) is 55.9 Å². The highest BCUT2D eigenvalue weighted by molar-refractivity contribution is 5.68. The number of carbonyl (C=O) groups excluding carboxylic acids is 1. The van der Waals surface area contributed by atoms with E-state index < -0.39 is 0 Å². The highest BCUT2D eigenvalue weighted by atomic mass is 16.6. The van der Waals surface area contributed by atoms with Crippen LogP contribution in [0, 0.1) is 17.8 Å². The van der Waals surface area contributed by atoms with Crippen LogP contribution >= 0.6 is 0 Å². The van der Waals surface area contributed by atoms with Crippen LogP contribution < -0.4 is 15.5 Å². The normalized spacial score (nSPS) is 22.9. The summed E-state index contributed by atoms with van der Waals surface area (Å²) in [5.74, 6) is 2.92. The number of anilines is 2. The summed E-state index contributed by atoms with van der Waals surface area (Å²) in [5.41, 5.74) is 0.679. The first-order chi connectivity index (χ1) is 13.7. The zero-order chi connectivity index (χ0) is 21.0. The third-order valence-electron chi connectivity index (χ3n) is 5.94. The van der Waals surface area contributed by atoms with Gasteiger partial charge in [-0.3, -0.25) is 0 Å². The van der Waals surface area contributed by atoms with Crippen molar-refractivity contribution in [3.8, 4) is 0 Å². The Morgan fingerprint density at radius 3 is 2.38 bits per heavy atom. The van der Waals surface area contributed by atoms with Gasteiger partial charge < -0.3 is 20.3 Å². The predicted octanol–water partition coefficient (Wildman–Crippen LogP) is 4.06. The van der Waals surface area contributed by atoms with Gasteiger partial charge in [-0.05, 0) is 64.2 Å². The number of nitrogens with one attached hydrogen (secondary N) is 2. The summed E-state index contributed by atoms with van der Waals surface area (Å²) >= 11 is 0. The van der Waals surface area contributed by atoms with Crippen LogP contribution in [0.25, 0.3) is 0 Å². The second-order valence-corrected chi connectivity index (χ2v) is 9.96. The molecular weight excluding hydrogens is 366 g/mol. The van der Waals surface area contributed by atoms with Crippen LogP contribution in [-0.2, 0) is 4.74 Å². The van der Waals surface area contributed by atoms with Gasteiger partial charge in [0.2, 0.25) is 5.95 Å². The third kappa shape index (κ3) is 6.47. The van der Waals surface area contributed by atoms with Crippen molar-refractivity contribution in [2.24, 2.45) is 17.8 Å². The van der Waals surface area contributed by atoms with E-state index in [1.165, 1.54) is 12.8 Å². The molecule has 0 bridgehead atoms. The van der Waals surface area contributed by atoms with Crippen LogP contribution in [-0.4, -0.2) is 47.3 Å². The molecule has 162 valence electrons. The zero-order valence-electron chi connectivity index (χ0n) is 18.6. The summed E-state index contributed by atoms with van der Waals surface area (Å²) in [6, 6.07) is 0. The average Bonchev–Trinajstić information content (AvgIpc) is 2.62. The van der Waals surface area contributed by atoms with E-state index in [0.29, 0.717) is 5.92 Å². The number of ether oxygens (including phenoxy) is 1. The van der Waals surface area contributed by atoms with Gasteiger partial charge in [0.25, 0.3) is 0 Å². The molecule has 0 unspecified atom stereocenters. The quantitative estimate of drug-likeness (QED) is 0.745. The number of rotatable bonds is 6. The summed E-state index contributed by atoms with van der Waals surface area (Å²) < 4.78 is 5.44. The van der Waals surface area contributed by atoms with E-state index in [4.69, 9.17) is 4.74 Å². The van der Waals surface area contributed by atoms with Gasteiger partial charge in [-0.2, -0.15) is 0 Å². The molecule has 2 N–H and O–H groups in total. The maximum absolute atomic E-state index is 11.8. The van der Waals surface area contributed by atoms with Crippen molar-refractivity contribution in [3.05, 3.63) is 12.4 Å². The maximum Gasteiger partial charge on any atom is 0.407 e.